The van der Waals surface area contributed by atoms with Crippen LogP contribution in [0.1, 0.15) is 5.89 Å². The van der Waals surface area contributed by atoms with Crippen molar-refractivity contribution in [3.63, 3.8) is 0 Å². The van der Waals surface area contributed by atoms with Crippen LogP contribution >= 0.6 is 11.6 Å². The smallest absolute Gasteiger partial charge is 0.318 e. The Morgan fingerprint density at radius 3 is 2.53 bits per heavy atom. The Bertz CT molecular complexity index is 524. The lowest BCUT2D eigenvalue weighted by atomic mass is 10.3. The van der Waals surface area contributed by atoms with Gasteiger partial charge < -0.3 is 14.2 Å². The van der Waals surface area contributed by atoms with Crippen LogP contribution in [0.4, 0.5) is 11.8 Å². The Hall–Kier alpha value is -1.82. The van der Waals surface area contributed by atoms with Crippen LogP contribution in [0, 0.1) is 0 Å². The minimum absolute atomic E-state index is 0.251. The Kier molecular flexibility index (Phi) is 3.50. The van der Waals surface area contributed by atoms with E-state index >= 15 is 0 Å². The summed E-state index contributed by atoms with van der Waals surface area (Å²) >= 11 is 5.65. The molecule has 0 aromatic carbocycles. The molecule has 0 spiro atoms. The number of nitrogens with zero attached hydrogens (tertiary/aromatic N) is 5. The van der Waals surface area contributed by atoms with Gasteiger partial charge >= 0.3 is 6.01 Å². The number of hydrogen-bond acceptors (Lipinski definition) is 6. The fourth-order valence-corrected chi connectivity index (χ4v) is 2.20. The van der Waals surface area contributed by atoms with E-state index in [1.165, 1.54) is 0 Å². The topological polar surface area (TPSA) is 58.3 Å². The quantitative estimate of drug-likeness (QED) is 0.794. The number of halogens is 1. The lowest BCUT2D eigenvalue weighted by molar-refractivity contribution is 0.488. The third-order valence-electron chi connectivity index (χ3n) is 3.09. The van der Waals surface area contributed by atoms with Crippen LogP contribution in [0.2, 0.25) is 0 Å². The van der Waals surface area contributed by atoms with Gasteiger partial charge in [0.25, 0.3) is 0 Å². The summed E-state index contributed by atoms with van der Waals surface area (Å²) in [4.78, 5) is 8.67. The summed E-state index contributed by atoms with van der Waals surface area (Å²) in [5.74, 6) is 1.72. The van der Waals surface area contributed by atoms with E-state index in [1.807, 2.05) is 24.4 Å². The predicted octanol–water partition coefficient (Wildman–Crippen LogP) is 1.53. The van der Waals surface area contributed by atoms with Gasteiger partial charge in [0, 0.05) is 32.4 Å². The molecule has 1 saturated heterocycles. The molecule has 1 aliphatic heterocycles. The van der Waals surface area contributed by atoms with Crippen LogP contribution in [0.15, 0.2) is 28.8 Å². The first-order valence-corrected chi connectivity index (χ1v) is 6.69. The van der Waals surface area contributed by atoms with Gasteiger partial charge in [-0.3, -0.25) is 0 Å². The summed E-state index contributed by atoms with van der Waals surface area (Å²) in [6.07, 6.45) is 1.81. The largest absolute Gasteiger partial charge is 0.407 e. The second-order valence-corrected chi connectivity index (χ2v) is 4.54. The maximum Gasteiger partial charge on any atom is 0.318 e. The minimum atomic E-state index is 0.251. The van der Waals surface area contributed by atoms with Crippen LogP contribution in [-0.4, -0.2) is 41.4 Å². The molecular weight excluding hydrogens is 266 g/mol. The van der Waals surface area contributed by atoms with Gasteiger partial charge in [0.1, 0.15) is 11.7 Å². The average Bonchev–Trinajstić information content (AvgIpc) is 2.97. The van der Waals surface area contributed by atoms with Crippen molar-refractivity contribution in [3.05, 3.63) is 30.3 Å². The van der Waals surface area contributed by atoms with Crippen molar-refractivity contribution in [3.8, 4) is 0 Å². The SMILES string of the molecule is ClCc1nnc(N2CCN(c3ccccn3)CC2)o1. The van der Waals surface area contributed by atoms with E-state index in [4.69, 9.17) is 16.0 Å². The number of hydrogen-bond donors (Lipinski definition) is 0. The first-order chi connectivity index (χ1) is 9.36. The number of rotatable bonds is 3. The molecule has 1 aliphatic rings. The van der Waals surface area contributed by atoms with E-state index in [9.17, 15) is 0 Å². The van der Waals surface area contributed by atoms with Crippen molar-refractivity contribution in [1.82, 2.24) is 15.2 Å². The molecule has 19 heavy (non-hydrogen) atoms. The molecule has 6 nitrogen and oxygen atoms in total. The number of alkyl halides is 1. The predicted molar refractivity (Wildman–Crippen MR) is 72.5 cm³/mol. The molecule has 0 unspecified atom stereocenters. The highest BCUT2D eigenvalue weighted by Gasteiger charge is 2.21. The highest BCUT2D eigenvalue weighted by Crippen LogP contribution is 2.18. The van der Waals surface area contributed by atoms with Crippen molar-refractivity contribution in [1.29, 1.82) is 0 Å². The summed E-state index contributed by atoms with van der Waals surface area (Å²) in [5, 5.41) is 7.87. The lowest BCUT2D eigenvalue weighted by Crippen LogP contribution is -2.47. The van der Waals surface area contributed by atoms with Gasteiger partial charge in [0.2, 0.25) is 5.89 Å². The number of anilines is 2. The molecule has 0 atom stereocenters. The van der Waals surface area contributed by atoms with Gasteiger partial charge in [0.15, 0.2) is 0 Å². The van der Waals surface area contributed by atoms with Gasteiger partial charge in [-0.1, -0.05) is 11.2 Å². The average molecular weight is 280 g/mol. The number of pyridine rings is 1. The zero-order valence-corrected chi connectivity index (χ0v) is 11.1. The van der Waals surface area contributed by atoms with Crippen LogP contribution in [0.5, 0.6) is 0 Å². The van der Waals surface area contributed by atoms with Crippen LogP contribution in [-0.2, 0) is 5.88 Å². The minimum Gasteiger partial charge on any atom is -0.407 e. The molecule has 0 amide bonds. The Balaban J connectivity index is 1.63. The molecule has 0 radical (unpaired) electrons. The van der Waals surface area contributed by atoms with Gasteiger partial charge in [-0.05, 0) is 12.1 Å². The Morgan fingerprint density at radius 2 is 1.89 bits per heavy atom. The first kappa shape index (κ1) is 12.2. The molecule has 100 valence electrons. The normalized spacial score (nSPS) is 15.8. The molecule has 0 bridgehead atoms. The van der Waals surface area contributed by atoms with Gasteiger partial charge in [0.05, 0.1) is 0 Å². The van der Waals surface area contributed by atoms with E-state index in [2.05, 4.69) is 25.0 Å². The van der Waals surface area contributed by atoms with Crippen molar-refractivity contribution < 1.29 is 4.42 Å². The molecule has 2 aromatic rings. The zero-order valence-electron chi connectivity index (χ0n) is 10.4. The summed E-state index contributed by atoms with van der Waals surface area (Å²) in [6.45, 7) is 3.44. The van der Waals surface area contributed by atoms with Crippen LogP contribution < -0.4 is 9.80 Å². The highest BCUT2D eigenvalue weighted by atomic mass is 35.5. The van der Waals surface area contributed by atoms with E-state index in [1.54, 1.807) is 0 Å². The zero-order chi connectivity index (χ0) is 13.1. The third kappa shape index (κ3) is 2.63. The maximum absolute atomic E-state index is 5.65. The van der Waals surface area contributed by atoms with Crippen molar-refractivity contribution in [2.24, 2.45) is 0 Å². The molecule has 7 heteroatoms. The molecule has 3 rings (SSSR count). The van der Waals surface area contributed by atoms with Crippen LogP contribution in [0.3, 0.4) is 0 Å². The van der Waals surface area contributed by atoms with Crippen molar-refractivity contribution in [2.45, 2.75) is 5.88 Å². The fourth-order valence-electron chi connectivity index (χ4n) is 2.09. The Labute approximate surface area is 116 Å². The second kappa shape index (κ2) is 5.44. The third-order valence-corrected chi connectivity index (χ3v) is 3.32. The van der Waals surface area contributed by atoms with E-state index < -0.39 is 0 Å². The molecule has 1 fully saturated rings. The molecule has 2 aromatic heterocycles. The Morgan fingerprint density at radius 1 is 1.11 bits per heavy atom. The van der Waals surface area contributed by atoms with E-state index in [-0.39, 0.29) is 5.88 Å². The lowest BCUT2D eigenvalue weighted by Gasteiger charge is -2.34. The summed E-state index contributed by atoms with van der Waals surface area (Å²) in [6, 6.07) is 6.50. The molecule has 0 aliphatic carbocycles. The van der Waals surface area contributed by atoms with Crippen LogP contribution in [0.25, 0.3) is 0 Å². The maximum atomic E-state index is 5.65. The van der Waals surface area contributed by atoms with E-state index in [0.29, 0.717) is 11.9 Å². The van der Waals surface area contributed by atoms with Crippen molar-refractivity contribution >= 4 is 23.4 Å². The number of piperazine rings is 1. The van der Waals surface area contributed by atoms with Gasteiger partial charge in [-0.15, -0.1) is 16.7 Å². The summed E-state index contributed by atoms with van der Waals surface area (Å²) in [7, 11) is 0. The number of aromatic nitrogens is 3. The summed E-state index contributed by atoms with van der Waals surface area (Å²) in [5.41, 5.74) is 0. The fraction of sp³-hybridized carbons (Fsp3) is 0.417. The monoisotopic (exact) mass is 279 g/mol. The molecule has 0 saturated carbocycles. The molecule has 0 N–H and O–H groups in total. The van der Waals surface area contributed by atoms with E-state index in [0.717, 1.165) is 32.0 Å². The molecule has 3 heterocycles. The van der Waals surface area contributed by atoms with Gasteiger partial charge in [-0.25, -0.2) is 4.98 Å². The molecular formula is C12H14ClN5O. The van der Waals surface area contributed by atoms with Crippen molar-refractivity contribution in [2.75, 3.05) is 36.0 Å². The standard InChI is InChI=1S/C12H14ClN5O/c13-9-11-15-16-12(19-11)18-7-5-17(6-8-18)10-3-1-2-4-14-10/h1-4H,5-9H2. The highest BCUT2D eigenvalue weighted by molar-refractivity contribution is 6.16. The summed E-state index contributed by atoms with van der Waals surface area (Å²) < 4.78 is 5.45. The van der Waals surface area contributed by atoms with Gasteiger partial charge in [-0.2, -0.15) is 0 Å². The first-order valence-electron chi connectivity index (χ1n) is 6.16. The second-order valence-electron chi connectivity index (χ2n) is 4.27.